The van der Waals surface area contributed by atoms with Gasteiger partial charge >= 0.3 is 5.97 Å². The molecule has 0 radical (unpaired) electrons. The van der Waals surface area contributed by atoms with E-state index in [4.69, 9.17) is 9.84 Å². The third kappa shape index (κ3) is 1.76. The summed E-state index contributed by atoms with van der Waals surface area (Å²) >= 11 is 0. The zero-order valence-electron chi connectivity index (χ0n) is 7.51. The maximum Gasteiger partial charge on any atom is 0.328 e. The van der Waals surface area contributed by atoms with Gasteiger partial charge in [0.15, 0.2) is 0 Å². The average Bonchev–Trinajstić information content (AvgIpc) is 2.57. The first kappa shape index (κ1) is 8.81. The van der Waals surface area contributed by atoms with Gasteiger partial charge in [0.05, 0.1) is 0 Å². The molecule has 0 bridgehead atoms. The van der Waals surface area contributed by atoms with Crippen LogP contribution >= 0.6 is 0 Å². The van der Waals surface area contributed by atoms with E-state index in [0.717, 1.165) is 23.8 Å². The minimum atomic E-state index is -0.940. The van der Waals surface area contributed by atoms with Crippen LogP contribution in [0.4, 0.5) is 0 Å². The van der Waals surface area contributed by atoms with Crippen LogP contribution in [0.5, 0.6) is 5.75 Å². The number of fused-ring (bicyclic) bond motifs is 1. The molecule has 1 aromatic rings. The largest absolute Gasteiger partial charge is 0.486 e. The number of aliphatic carboxylic acids is 1. The number of hydrogen-bond acceptors (Lipinski definition) is 2. The van der Waals surface area contributed by atoms with Crippen molar-refractivity contribution >= 4 is 5.97 Å². The van der Waals surface area contributed by atoms with E-state index < -0.39 is 5.97 Å². The Kier molecular flexibility index (Phi) is 2.23. The Bertz CT molecular complexity index is 357. The molecule has 0 aliphatic carbocycles. The van der Waals surface area contributed by atoms with E-state index in [-0.39, 0.29) is 6.10 Å². The standard InChI is InChI=1S/C11H10O3/c12-11(13)6-5-9-7-8-3-1-2-4-10(8)14-9/h1-6,9H,7H2,(H,12,13)/b6-5+. The van der Waals surface area contributed by atoms with Crippen LogP contribution in [0.1, 0.15) is 5.56 Å². The molecule has 0 aromatic heterocycles. The van der Waals surface area contributed by atoms with Gasteiger partial charge in [0.25, 0.3) is 0 Å². The topological polar surface area (TPSA) is 46.5 Å². The van der Waals surface area contributed by atoms with Gasteiger partial charge in [0.2, 0.25) is 0 Å². The molecule has 0 saturated heterocycles. The first-order valence-electron chi connectivity index (χ1n) is 4.41. The quantitative estimate of drug-likeness (QED) is 0.721. The smallest absolute Gasteiger partial charge is 0.328 e. The van der Waals surface area contributed by atoms with Crippen LogP contribution in [0, 0.1) is 0 Å². The molecule has 2 rings (SSSR count). The van der Waals surface area contributed by atoms with Gasteiger partial charge in [-0.25, -0.2) is 4.79 Å². The summed E-state index contributed by atoms with van der Waals surface area (Å²) in [5.41, 5.74) is 1.13. The highest BCUT2D eigenvalue weighted by Gasteiger charge is 2.19. The maximum atomic E-state index is 10.3. The third-order valence-corrected chi connectivity index (χ3v) is 2.13. The van der Waals surface area contributed by atoms with E-state index >= 15 is 0 Å². The highest BCUT2D eigenvalue weighted by Crippen LogP contribution is 2.28. The van der Waals surface area contributed by atoms with Crippen LogP contribution in [0.2, 0.25) is 0 Å². The molecule has 1 aliphatic heterocycles. The fourth-order valence-corrected chi connectivity index (χ4v) is 1.51. The molecule has 72 valence electrons. The Morgan fingerprint density at radius 2 is 2.29 bits per heavy atom. The Morgan fingerprint density at radius 1 is 1.50 bits per heavy atom. The number of para-hydroxylation sites is 1. The molecule has 1 aromatic carbocycles. The van der Waals surface area contributed by atoms with E-state index in [1.807, 2.05) is 24.3 Å². The molecule has 1 unspecified atom stereocenters. The van der Waals surface area contributed by atoms with Crippen molar-refractivity contribution in [3.63, 3.8) is 0 Å². The Hall–Kier alpha value is -1.77. The zero-order valence-corrected chi connectivity index (χ0v) is 7.51. The van der Waals surface area contributed by atoms with Gasteiger partial charge in [-0.3, -0.25) is 0 Å². The van der Waals surface area contributed by atoms with Crippen molar-refractivity contribution in [3.8, 4) is 5.75 Å². The first-order valence-corrected chi connectivity index (χ1v) is 4.41. The van der Waals surface area contributed by atoms with Crippen molar-refractivity contribution in [3.05, 3.63) is 42.0 Å². The molecule has 1 atom stereocenters. The lowest BCUT2D eigenvalue weighted by Gasteiger charge is -2.03. The lowest BCUT2D eigenvalue weighted by atomic mass is 10.1. The Morgan fingerprint density at radius 3 is 3.00 bits per heavy atom. The summed E-state index contributed by atoms with van der Waals surface area (Å²) in [4.78, 5) is 10.3. The molecular formula is C11H10O3. The lowest BCUT2D eigenvalue weighted by molar-refractivity contribution is -0.131. The molecule has 0 saturated carbocycles. The number of carboxylic acid groups (broad SMARTS) is 1. The Balaban J connectivity index is 2.08. The van der Waals surface area contributed by atoms with Crippen molar-refractivity contribution in [2.24, 2.45) is 0 Å². The van der Waals surface area contributed by atoms with Gasteiger partial charge in [-0.1, -0.05) is 18.2 Å². The lowest BCUT2D eigenvalue weighted by Crippen LogP contribution is -2.09. The summed E-state index contributed by atoms with van der Waals surface area (Å²) in [5, 5.41) is 8.45. The average molecular weight is 190 g/mol. The first-order chi connectivity index (χ1) is 6.75. The van der Waals surface area contributed by atoms with E-state index in [9.17, 15) is 4.79 Å². The van der Waals surface area contributed by atoms with Crippen molar-refractivity contribution in [2.45, 2.75) is 12.5 Å². The summed E-state index contributed by atoms with van der Waals surface area (Å²) in [6, 6.07) is 7.74. The maximum absolute atomic E-state index is 10.3. The second kappa shape index (κ2) is 3.54. The summed E-state index contributed by atoms with van der Waals surface area (Å²) in [6.07, 6.45) is 3.31. The second-order valence-electron chi connectivity index (χ2n) is 3.17. The van der Waals surface area contributed by atoms with E-state index in [1.165, 1.54) is 0 Å². The van der Waals surface area contributed by atoms with Crippen LogP contribution < -0.4 is 4.74 Å². The molecular weight excluding hydrogens is 180 g/mol. The summed E-state index contributed by atoms with van der Waals surface area (Å²) in [5.74, 6) is -0.0860. The number of ether oxygens (including phenoxy) is 1. The van der Waals surface area contributed by atoms with Crippen LogP contribution in [0.25, 0.3) is 0 Å². The normalized spacial score (nSPS) is 19.3. The molecule has 1 N–H and O–H groups in total. The van der Waals surface area contributed by atoms with Gasteiger partial charge in [-0.15, -0.1) is 0 Å². The zero-order chi connectivity index (χ0) is 9.97. The van der Waals surface area contributed by atoms with Crippen molar-refractivity contribution < 1.29 is 14.6 Å². The van der Waals surface area contributed by atoms with E-state index in [1.54, 1.807) is 6.08 Å². The van der Waals surface area contributed by atoms with E-state index in [2.05, 4.69) is 0 Å². The highest BCUT2D eigenvalue weighted by atomic mass is 16.5. The van der Waals surface area contributed by atoms with Crippen molar-refractivity contribution in [2.75, 3.05) is 0 Å². The number of carbonyl (C=O) groups is 1. The molecule has 3 heteroatoms. The SMILES string of the molecule is O=C(O)/C=C/C1Cc2ccccc2O1. The number of hydrogen-bond donors (Lipinski definition) is 1. The molecule has 3 nitrogen and oxygen atoms in total. The number of rotatable bonds is 2. The van der Waals surface area contributed by atoms with Gasteiger partial charge in [-0.05, 0) is 17.7 Å². The van der Waals surface area contributed by atoms with Gasteiger partial charge in [-0.2, -0.15) is 0 Å². The summed E-state index contributed by atoms with van der Waals surface area (Å²) in [7, 11) is 0. The molecule has 1 aliphatic rings. The minimum absolute atomic E-state index is 0.136. The minimum Gasteiger partial charge on any atom is -0.486 e. The monoisotopic (exact) mass is 190 g/mol. The third-order valence-electron chi connectivity index (χ3n) is 2.13. The van der Waals surface area contributed by atoms with Crippen molar-refractivity contribution in [1.29, 1.82) is 0 Å². The highest BCUT2D eigenvalue weighted by molar-refractivity contribution is 5.79. The summed E-state index contributed by atoms with van der Waals surface area (Å²) in [6.45, 7) is 0. The van der Waals surface area contributed by atoms with Gasteiger partial charge < -0.3 is 9.84 Å². The molecule has 14 heavy (non-hydrogen) atoms. The van der Waals surface area contributed by atoms with Gasteiger partial charge in [0, 0.05) is 12.5 Å². The van der Waals surface area contributed by atoms with E-state index in [0.29, 0.717) is 0 Å². The molecule has 0 fully saturated rings. The van der Waals surface area contributed by atoms with Crippen LogP contribution in [0.15, 0.2) is 36.4 Å². The molecule has 0 amide bonds. The molecule has 0 spiro atoms. The van der Waals surface area contributed by atoms with Crippen LogP contribution in [0.3, 0.4) is 0 Å². The van der Waals surface area contributed by atoms with Crippen LogP contribution in [-0.2, 0) is 11.2 Å². The number of carboxylic acids is 1. The van der Waals surface area contributed by atoms with Crippen molar-refractivity contribution in [1.82, 2.24) is 0 Å². The fraction of sp³-hybridized carbons (Fsp3) is 0.182. The fourth-order valence-electron chi connectivity index (χ4n) is 1.51. The predicted octanol–water partition coefficient (Wildman–Crippen LogP) is 1.63. The van der Waals surface area contributed by atoms with Crippen LogP contribution in [-0.4, -0.2) is 17.2 Å². The Labute approximate surface area is 81.6 Å². The predicted molar refractivity (Wildman–Crippen MR) is 51.3 cm³/mol. The van der Waals surface area contributed by atoms with Gasteiger partial charge in [0.1, 0.15) is 11.9 Å². The summed E-state index contributed by atoms with van der Waals surface area (Å²) < 4.78 is 5.51. The number of benzene rings is 1. The molecule has 1 heterocycles. The second-order valence-corrected chi connectivity index (χ2v) is 3.17.